The van der Waals surface area contributed by atoms with Crippen LogP contribution in [-0.2, 0) is 81.8 Å². The first-order valence-electron chi connectivity index (χ1n) is 38.2. The lowest BCUT2D eigenvalue weighted by atomic mass is 9.75. The van der Waals surface area contributed by atoms with Crippen LogP contribution in [0.3, 0.4) is 0 Å². The van der Waals surface area contributed by atoms with E-state index in [1.807, 2.05) is 0 Å². The van der Waals surface area contributed by atoms with Gasteiger partial charge in [0.15, 0.2) is 0 Å². The molecule has 103 heavy (non-hydrogen) atoms. The lowest BCUT2D eigenvalue weighted by molar-refractivity contribution is 0.436. The van der Waals surface area contributed by atoms with Gasteiger partial charge in [0, 0.05) is 72.6 Å². The molecule has 0 saturated carbocycles. The lowest BCUT2D eigenvalue weighted by Gasteiger charge is -2.30. The Morgan fingerprint density at radius 1 is 0.194 bits per heavy atom. The van der Waals surface area contributed by atoms with Gasteiger partial charge in [-0.3, -0.25) is 0 Å². The standard InChI is InChI=1S/C95H124O8/c1-88(2,3)66-38-54-32-55-39-67(89(4,5)6)43-59(81(55)97)35-63-47-71(93(16,17)18)51-77(85(63)101)74(76-50-70(92(13,14)15)46-62(84(76)100)34-58(42-66)80(54)96)30-28-26-25-27-29-31-75-78-52-72(94(19,20)21)48-64(86(78)102)36-60-44-68(90(7,8)9)40-56(82(60)98)33-57-41-69(91(10,11)12)45-61(83(57)99)37-65-49-73(95(22,23)24)53-79(75)87(65)103/h38-53,74-75,96-103H,25-37H2,1-24H3. The van der Waals surface area contributed by atoms with Crippen LogP contribution >= 0.6 is 0 Å². The summed E-state index contributed by atoms with van der Waals surface area (Å²) in [4.78, 5) is 0. The van der Waals surface area contributed by atoms with E-state index < -0.39 is 11.8 Å². The zero-order valence-corrected chi connectivity index (χ0v) is 67.2. The van der Waals surface area contributed by atoms with Crippen molar-refractivity contribution in [2.75, 3.05) is 0 Å². The fourth-order valence-electron chi connectivity index (χ4n) is 15.5. The molecule has 10 rings (SSSR count). The molecule has 8 aromatic carbocycles. The van der Waals surface area contributed by atoms with E-state index in [9.17, 15) is 40.9 Å². The normalized spacial score (nSPS) is 14.7. The van der Waals surface area contributed by atoms with E-state index >= 15 is 0 Å². The zero-order chi connectivity index (χ0) is 76.1. The third-order valence-corrected chi connectivity index (χ3v) is 22.6. The molecule has 0 aliphatic heterocycles. The maximum absolute atomic E-state index is 13.2. The van der Waals surface area contributed by atoms with Crippen molar-refractivity contribution in [2.24, 2.45) is 0 Å². The molecule has 552 valence electrons. The topological polar surface area (TPSA) is 162 Å². The number of phenols is 8. The Labute approximate surface area is 618 Å². The number of benzene rings is 8. The summed E-state index contributed by atoms with van der Waals surface area (Å²) in [7, 11) is 0. The molecular weight excluding hydrogens is 1270 g/mol. The SMILES string of the molecule is CC(C)(C)c1cc2c(O)c(c1)Cc1cc(C(C)(C)C)cc(c1O)C(CCCCCCCC1c3cc(C(C)(C)C)cc(c3O)Cc3cc(C(C)(C)C)cc(c3O)Cc3cc(C(C)(C)C)cc(c3O)Cc3cc(C(C)(C)C)cc1c3O)c1cc(C(C)(C)C)cc(c1O)Cc1cc(C(C)(C)C)cc(c1O)C2. The average Bonchev–Trinajstić information content (AvgIpc) is 0.760. The minimum atomic E-state index is -0.461. The average molecular weight is 1390 g/mol. The second-order valence-electron chi connectivity index (χ2n) is 39.4. The molecule has 0 atom stereocenters. The number of unbranched alkanes of at least 4 members (excludes halogenated alkanes) is 4. The molecule has 8 heteroatoms. The lowest BCUT2D eigenvalue weighted by Crippen LogP contribution is -2.17. The summed E-state index contributed by atoms with van der Waals surface area (Å²) >= 11 is 0. The fraction of sp³-hybridized carbons (Fsp3) is 0.495. The highest BCUT2D eigenvalue weighted by Gasteiger charge is 2.35. The molecule has 0 radical (unpaired) electrons. The van der Waals surface area contributed by atoms with Crippen molar-refractivity contribution in [3.05, 3.63) is 231 Å². The molecule has 8 N–H and O–H groups in total. The maximum Gasteiger partial charge on any atom is 0.122 e. The number of hydrogen-bond donors (Lipinski definition) is 8. The summed E-state index contributed by atoms with van der Waals surface area (Å²) in [5.74, 6) is 0.317. The van der Waals surface area contributed by atoms with E-state index in [2.05, 4.69) is 263 Å². The van der Waals surface area contributed by atoms with Crippen LogP contribution in [0.1, 0.15) is 356 Å². The summed E-state index contributed by atoms with van der Waals surface area (Å²) in [6.45, 7) is 52.4. The highest BCUT2D eigenvalue weighted by Crippen LogP contribution is 2.52. The summed E-state index contributed by atoms with van der Waals surface area (Å²) < 4.78 is 0. The van der Waals surface area contributed by atoms with Crippen LogP contribution in [0, 0.1) is 0 Å². The molecule has 0 amide bonds. The van der Waals surface area contributed by atoms with Crippen molar-refractivity contribution in [1.29, 1.82) is 0 Å². The van der Waals surface area contributed by atoms with Crippen LogP contribution in [0.5, 0.6) is 46.0 Å². The van der Waals surface area contributed by atoms with Crippen LogP contribution in [0.15, 0.2) is 97.1 Å². The van der Waals surface area contributed by atoms with Gasteiger partial charge in [0.25, 0.3) is 0 Å². The van der Waals surface area contributed by atoms with Crippen LogP contribution in [0.4, 0.5) is 0 Å². The molecule has 0 fully saturated rings. The van der Waals surface area contributed by atoms with E-state index in [1.54, 1.807) is 0 Å². The number of rotatable bonds is 8. The molecule has 16 bridgehead atoms. The van der Waals surface area contributed by atoms with Gasteiger partial charge < -0.3 is 40.9 Å². The van der Waals surface area contributed by atoms with Gasteiger partial charge in [-0.15, -0.1) is 0 Å². The molecule has 2 aliphatic carbocycles. The van der Waals surface area contributed by atoms with Crippen molar-refractivity contribution in [3.63, 3.8) is 0 Å². The van der Waals surface area contributed by atoms with Gasteiger partial charge >= 0.3 is 0 Å². The molecule has 0 spiro atoms. The quantitative estimate of drug-likeness (QED) is 0.0698. The van der Waals surface area contributed by atoms with E-state index in [0.29, 0.717) is 79.6 Å². The number of fused-ring (bicyclic) bond motifs is 16. The van der Waals surface area contributed by atoms with E-state index in [1.165, 1.54) is 0 Å². The predicted octanol–water partition coefficient (Wildman–Crippen LogP) is 23.6. The monoisotopic (exact) mass is 1390 g/mol. The third-order valence-electron chi connectivity index (χ3n) is 22.6. The molecule has 0 aromatic heterocycles. The molecule has 2 aliphatic rings. The molecular formula is C95H124O8. The van der Waals surface area contributed by atoms with Crippen molar-refractivity contribution < 1.29 is 40.9 Å². The van der Waals surface area contributed by atoms with Crippen LogP contribution < -0.4 is 0 Å². The van der Waals surface area contributed by atoms with Crippen molar-refractivity contribution >= 4 is 0 Å². The predicted molar refractivity (Wildman–Crippen MR) is 427 cm³/mol. The van der Waals surface area contributed by atoms with Gasteiger partial charge in [0.1, 0.15) is 46.0 Å². The van der Waals surface area contributed by atoms with Gasteiger partial charge in [0.2, 0.25) is 0 Å². The Kier molecular flexibility index (Phi) is 21.1. The Morgan fingerprint density at radius 3 is 0.466 bits per heavy atom. The minimum absolute atomic E-state index is 0.152. The van der Waals surface area contributed by atoms with Crippen LogP contribution in [-0.4, -0.2) is 40.9 Å². The molecule has 8 nitrogen and oxygen atoms in total. The Morgan fingerprint density at radius 2 is 0.320 bits per heavy atom. The van der Waals surface area contributed by atoms with Gasteiger partial charge in [0.05, 0.1) is 0 Å². The first kappa shape index (κ1) is 77.8. The largest absolute Gasteiger partial charge is 0.507 e. The fourth-order valence-corrected chi connectivity index (χ4v) is 15.5. The smallest absolute Gasteiger partial charge is 0.122 e. The Bertz CT molecular complexity index is 3970. The van der Waals surface area contributed by atoms with Gasteiger partial charge in [-0.2, -0.15) is 0 Å². The second kappa shape index (κ2) is 27.9. The highest BCUT2D eigenvalue weighted by molar-refractivity contribution is 5.64. The first-order valence-corrected chi connectivity index (χ1v) is 38.2. The van der Waals surface area contributed by atoms with Gasteiger partial charge in [-0.1, -0.05) is 295 Å². The van der Waals surface area contributed by atoms with Crippen LogP contribution in [0.25, 0.3) is 0 Å². The summed E-state index contributed by atoms with van der Waals surface area (Å²) in [5.41, 5.74) is 17.2. The first-order chi connectivity index (χ1) is 47.4. The van der Waals surface area contributed by atoms with Gasteiger partial charge in [-0.25, -0.2) is 0 Å². The number of hydrogen-bond acceptors (Lipinski definition) is 8. The second-order valence-corrected chi connectivity index (χ2v) is 39.4. The molecule has 0 heterocycles. The van der Waals surface area contributed by atoms with Crippen LogP contribution in [0.2, 0.25) is 0 Å². The van der Waals surface area contributed by atoms with E-state index in [4.69, 9.17) is 0 Å². The van der Waals surface area contributed by atoms with Crippen molar-refractivity contribution in [1.82, 2.24) is 0 Å². The summed E-state index contributed by atoms with van der Waals surface area (Å²) in [6.07, 6.45) is 6.85. The Hall–Kier alpha value is -7.84. The molecule has 0 saturated heterocycles. The van der Waals surface area contributed by atoms with E-state index in [-0.39, 0.29) is 128 Å². The molecule has 0 unspecified atom stereocenters. The van der Waals surface area contributed by atoms with Crippen molar-refractivity contribution in [2.45, 2.75) is 305 Å². The third kappa shape index (κ3) is 16.8. The maximum atomic E-state index is 13.2. The van der Waals surface area contributed by atoms with Gasteiger partial charge in [-0.05, 0) is 167 Å². The zero-order valence-electron chi connectivity index (χ0n) is 67.2. The Balaban J connectivity index is 1.08. The van der Waals surface area contributed by atoms with Crippen molar-refractivity contribution in [3.8, 4) is 46.0 Å². The number of aromatic hydroxyl groups is 8. The minimum Gasteiger partial charge on any atom is -0.507 e. The summed E-state index contributed by atoms with van der Waals surface area (Å²) in [5, 5.41) is 103. The highest BCUT2D eigenvalue weighted by atomic mass is 16.3. The number of phenolic OH excluding ortho intramolecular Hbond substituents is 8. The summed E-state index contributed by atoms with van der Waals surface area (Å²) in [6, 6.07) is 33.7. The molecule has 8 aromatic rings. The van der Waals surface area contributed by atoms with E-state index in [0.717, 1.165) is 98.9 Å².